The Bertz CT molecular complexity index is 1150. The Morgan fingerprint density at radius 2 is 1.97 bits per heavy atom. The van der Waals surface area contributed by atoms with Gasteiger partial charge in [0.2, 0.25) is 0 Å². The molecular formula is C21H22ClFN6O2S. The molecule has 0 unspecified atom stereocenters. The molecule has 0 saturated carbocycles. The van der Waals surface area contributed by atoms with Gasteiger partial charge in [-0.2, -0.15) is 5.26 Å². The molecule has 32 heavy (non-hydrogen) atoms. The summed E-state index contributed by atoms with van der Waals surface area (Å²) in [4.78, 5) is 4.23. The first-order valence-electron chi connectivity index (χ1n) is 9.76. The zero-order chi connectivity index (χ0) is 23.4. The van der Waals surface area contributed by atoms with Gasteiger partial charge < -0.3 is 20.9 Å². The molecule has 0 fully saturated rings. The Labute approximate surface area is 193 Å². The molecule has 0 bridgehead atoms. The van der Waals surface area contributed by atoms with Crippen LogP contribution in [0.25, 0.3) is 21.1 Å². The van der Waals surface area contributed by atoms with E-state index in [-0.39, 0.29) is 29.1 Å². The first-order chi connectivity index (χ1) is 15.2. The molecule has 3 aromatic rings. The van der Waals surface area contributed by atoms with E-state index in [1.54, 1.807) is 12.1 Å². The van der Waals surface area contributed by atoms with Crippen molar-refractivity contribution in [1.29, 1.82) is 5.26 Å². The predicted molar refractivity (Wildman–Crippen MR) is 122 cm³/mol. The van der Waals surface area contributed by atoms with Crippen molar-refractivity contribution in [2.75, 3.05) is 11.9 Å². The fourth-order valence-electron chi connectivity index (χ4n) is 2.66. The second-order valence-corrected chi connectivity index (χ2v) is 8.81. The molecular weight excluding hydrogens is 455 g/mol. The standard InChI is InChI=1S/C21H22ClFN6O2S/c1-10(2)26-19-5-12(4-13(8-24)27-19)20-28-29-21(32-20)14-6-16(23)18(7-15(14)22)31-9-17(25)11(3)30/h4-7,10-11,17,30H,9,25H2,1-3H3,(H,26,27)/t11-,17-/m0/s1. The highest BCUT2D eigenvalue weighted by Gasteiger charge is 2.18. The van der Waals surface area contributed by atoms with Gasteiger partial charge in [0.05, 0.1) is 17.2 Å². The maximum atomic E-state index is 14.6. The number of nitrogens with one attached hydrogen (secondary N) is 1. The van der Waals surface area contributed by atoms with Crippen LogP contribution in [0.1, 0.15) is 26.5 Å². The van der Waals surface area contributed by atoms with E-state index in [0.717, 1.165) is 0 Å². The number of hydrogen-bond donors (Lipinski definition) is 3. The molecule has 11 heteroatoms. The molecule has 2 heterocycles. The topological polar surface area (TPSA) is 130 Å². The Morgan fingerprint density at radius 3 is 2.62 bits per heavy atom. The molecule has 0 amide bonds. The summed E-state index contributed by atoms with van der Waals surface area (Å²) >= 11 is 7.55. The van der Waals surface area contributed by atoms with Crippen LogP contribution in [-0.2, 0) is 0 Å². The van der Waals surface area contributed by atoms with E-state index in [0.29, 0.717) is 27.0 Å². The number of nitrogens with zero attached hydrogens (tertiary/aromatic N) is 4. The minimum absolute atomic E-state index is 0.0662. The largest absolute Gasteiger partial charge is 0.489 e. The Balaban J connectivity index is 1.89. The number of nitriles is 1. The van der Waals surface area contributed by atoms with E-state index in [2.05, 4.69) is 20.5 Å². The van der Waals surface area contributed by atoms with Gasteiger partial charge >= 0.3 is 0 Å². The first kappa shape index (κ1) is 23.8. The van der Waals surface area contributed by atoms with E-state index in [4.69, 9.17) is 22.1 Å². The normalized spacial score (nSPS) is 13.0. The van der Waals surface area contributed by atoms with Gasteiger partial charge in [-0.25, -0.2) is 9.37 Å². The van der Waals surface area contributed by atoms with Gasteiger partial charge in [-0.05, 0) is 39.0 Å². The van der Waals surface area contributed by atoms with Crippen molar-refractivity contribution >= 4 is 28.8 Å². The number of anilines is 1. The summed E-state index contributed by atoms with van der Waals surface area (Å²) < 4.78 is 19.9. The Hall–Kier alpha value is -2.84. The summed E-state index contributed by atoms with van der Waals surface area (Å²) in [7, 11) is 0. The van der Waals surface area contributed by atoms with Crippen molar-refractivity contribution in [2.24, 2.45) is 5.73 Å². The van der Waals surface area contributed by atoms with Gasteiger partial charge in [0.1, 0.15) is 34.2 Å². The monoisotopic (exact) mass is 476 g/mol. The number of aliphatic hydroxyl groups is 1. The number of hydrogen-bond acceptors (Lipinski definition) is 9. The van der Waals surface area contributed by atoms with Gasteiger partial charge in [0, 0.05) is 23.2 Å². The van der Waals surface area contributed by atoms with E-state index >= 15 is 0 Å². The molecule has 2 aromatic heterocycles. The highest BCUT2D eigenvalue weighted by molar-refractivity contribution is 7.18. The van der Waals surface area contributed by atoms with Crippen LogP contribution in [0.15, 0.2) is 24.3 Å². The molecule has 0 aliphatic rings. The lowest BCUT2D eigenvalue weighted by molar-refractivity contribution is 0.129. The molecule has 0 saturated heterocycles. The molecule has 0 spiro atoms. The lowest BCUT2D eigenvalue weighted by Gasteiger charge is -2.16. The second kappa shape index (κ2) is 10.2. The fourth-order valence-corrected chi connectivity index (χ4v) is 3.82. The smallest absolute Gasteiger partial charge is 0.165 e. The number of aliphatic hydroxyl groups excluding tert-OH is 1. The number of nitrogens with two attached hydrogens (primary N) is 1. The zero-order valence-electron chi connectivity index (χ0n) is 17.6. The highest BCUT2D eigenvalue weighted by atomic mass is 35.5. The zero-order valence-corrected chi connectivity index (χ0v) is 19.2. The van der Waals surface area contributed by atoms with Crippen LogP contribution in [0.3, 0.4) is 0 Å². The fraction of sp³-hybridized carbons (Fsp3) is 0.333. The van der Waals surface area contributed by atoms with Gasteiger partial charge in [0.25, 0.3) is 0 Å². The second-order valence-electron chi connectivity index (χ2n) is 7.43. The van der Waals surface area contributed by atoms with Crippen LogP contribution in [0.5, 0.6) is 5.75 Å². The predicted octanol–water partition coefficient (Wildman–Crippen LogP) is 3.84. The van der Waals surface area contributed by atoms with Crippen LogP contribution in [0.2, 0.25) is 5.02 Å². The van der Waals surface area contributed by atoms with Gasteiger partial charge in [-0.3, -0.25) is 0 Å². The van der Waals surface area contributed by atoms with Crippen molar-refractivity contribution in [3.05, 3.63) is 40.8 Å². The molecule has 2 atom stereocenters. The molecule has 4 N–H and O–H groups in total. The third-order valence-electron chi connectivity index (χ3n) is 4.35. The first-order valence-corrected chi connectivity index (χ1v) is 11.0. The summed E-state index contributed by atoms with van der Waals surface area (Å²) in [5.74, 6) is -0.165. The van der Waals surface area contributed by atoms with Crippen LogP contribution in [0, 0.1) is 17.1 Å². The van der Waals surface area contributed by atoms with Crippen molar-refractivity contribution in [2.45, 2.75) is 39.0 Å². The Kier molecular flexibility index (Phi) is 7.58. The molecule has 1 aromatic carbocycles. The minimum Gasteiger partial charge on any atom is -0.489 e. The van der Waals surface area contributed by atoms with Crippen molar-refractivity contribution in [3.8, 4) is 33.0 Å². The Morgan fingerprint density at radius 1 is 1.25 bits per heavy atom. The summed E-state index contributed by atoms with van der Waals surface area (Å²) in [5.41, 5.74) is 6.97. The maximum absolute atomic E-state index is 14.6. The molecule has 0 radical (unpaired) electrons. The van der Waals surface area contributed by atoms with Gasteiger partial charge in [0.15, 0.2) is 11.6 Å². The number of ether oxygens (including phenoxy) is 1. The van der Waals surface area contributed by atoms with E-state index in [9.17, 15) is 14.8 Å². The molecule has 168 valence electrons. The molecule has 3 rings (SSSR count). The number of halogens is 2. The minimum atomic E-state index is -0.793. The number of benzene rings is 1. The van der Waals surface area contributed by atoms with Crippen molar-refractivity contribution in [1.82, 2.24) is 15.2 Å². The number of rotatable bonds is 8. The quantitative estimate of drug-likeness (QED) is 0.447. The average molecular weight is 477 g/mol. The van der Waals surface area contributed by atoms with Crippen molar-refractivity contribution < 1.29 is 14.2 Å². The third-order valence-corrected chi connectivity index (χ3v) is 5.67. The lowest BCUT2D eigenvalue weighted by Crippen LogP contribution is -2.38. The van der Waals surface area contributed by atoms with Crippen LogP contribution in [0.4, 0.5) is 10.2 Å². The number of pyridine rings is 1. The average Bonchev–Trinajstić information content (AvgIpc) is 3.23. The van der Waals surface area contributed by atoms with E-state index < -0.39 is 18.0 Å². The molecule has 8 nitrogen and oxygen atoms in total. The summed E-state index contributed by atoms with van der Waals surface area (Å²) in [6, 6.07) is 7.45. The van der Waals surface area contributed by atoms with E-state index in [1.165, 1.54) is 30.4 Å². The van der Waals surface area contributed by atoms with Crippen LogP contribution >= 0.6 is 22.9 Å². The molecule has 0 aliphatic heterocycles. The van der Waals surface area contributed by atoms with E-state index in [1.807, 2.05) is 19.9 Å². The van der Waals surface area contributed by atoms with Crippen LogP contribution in [-0.4, -0.2) is 45.1 Å². The van der Waals surface area contributed by atoms with Gasteiger partial charge in [-0.15, -0.1) is 10.2 Å². The van der Waals surface area contributed by atoms with Gasteiger partial charge in [-0.1, -0.05) is 22.9 Å². The van der Waals surface area contributed by atoms with Crippen LogP contribution < -0.4 is 15.8 Å². The van der Waals surface area contributed by atoms with Crippen molar-refractivity contribution in [3.63, 3.8) is 0 Å². The number of aromatic nitrogens is 3. The third kappa shape index (κ3) is 5.69. The maximum Gasteiger partial charge on any atom is 0.165 e. The summed E-state index contributed by atoms with van der Waals surface area (Å²) in [5, 5.41) is 31.4. The lowest BCUT2D eigenvalue weighted by atomic mass is 10.2. The highest BCUT2D eigenvalue weighted by Crippen LogP contribution is 2.37. The summed E-state index contributed by atoms with van der Waals surface area (Å²) in [6.07, 6.45) is -0.793. The summed E-state index contributed by atoms with van der Waals surface area (Å²) in [6.45, 7) is 5.39. The SMILES string of the molecule is CC(C)Nc1cc(-c2nnc(-c3cc(F)c(OC[C@H](N)[C@H](C)O)cc3Cl)s2)cc(C#N)n1. The molecule has 0 aliphatic carbocycles.